The average Bonchev–Trinajstić information content (AvgIpc) is 3.13. The molecule has 0 aliphatic rings. The summed E-state index contributed by atoms with van der Waals surface area (Å²) < 4.78 is 6.54. The summed E-state index contributed by atoms with van der Waals surface area (Å²) in [6.07, 6.45) is 0. The number of ether oxygens (including phenoxy) is 1. The lowest BCUT2D eigenvalue weighted by Crippen LogP contribution is -2.19. The molecule has 3 rings (SSSR count). The first kappa shape index (κ1) is 20.9. The van der Waals surface area contributed by atoms with Crippen LogP contribution in [0.2, 0.25) is 5.02 Å². The molecule has 150 valence electrons. The lowest BCUT2D eigenvalue weighted by molar-refractivity contribution is 0.0597. The molecule has 0 bridgehead atoms. The minimum atomic E-state index is -0.580. The quantitative estimate of drug-likeness (QED) is 0.444. The number of esters is 1. The minimum absolute atomic E-state index is 0.184. The first-order valence-corrected chi connectivity index (χ1v) is 10.2. The predicted octanol–water partition coefficient (Wildman–Crippen LogP) is 4.28. The van der Waals surface area contributed by atoms with Gasteiger partial charge in [0.1, 0.15) is 0 Å². The van der Waals surface area contributed by atoms with Crippen LogP contribution in [0, 0.1) is 0 Å². The smallest absolute Gasteiger partial charge is 0.338 e. The zero-order valence-corrected chi connectivity index (χ0v) is 17.5. The van der Waals surface area contributed by atoms with Crippen molar-refractivity contribution in [2.45, 2.75) is 24.4 Å². The molecule has 29 heavy (non-hydrogen) atoms. The Morgan fingerprint density at radius 3 is 2.48 bits per heavy atom. The number of carbonyl (C=O) groups is 2. The number of benzene rings is 2. The molecule has 0 saturated heterocycles. The number of nitrogens with one attached hydrogen (secondary N) is 1. The van der Waals surface area contributed by atoms with Crippen molar-refractivity contribution in [1.82, 2.24) is 14.8 Å². The van der Waals surface area contributed by atoms with Gasteiger partial charge < -0.3 is 4.74 Å². The second kappa shape index (κ2) is 9.58. The lowest BCUT2D eigenvalue weighted by Gasteiger charge is -2.10. The molecule has 0 radical (unpaired) electrons. The Bertz CT molecular complexity index is 1040. The van der Waals surface area contributed by atoms with Crippen molar-refractivity contribution in [3.8, 4) is 0 Å². The molecular formula is C20H19ClN4O3S. The van der Waals surface area contributed by atoms with Crippen LogP contribution in [0.3, 0.4) is 0 Å². The van der Waals surface area contributed by atoms with Gasteiger partial charge in [0.05, 0.1) is 18.2 Å². The fourth-order valence-electron chi connectivity index (χ4n) is 2.67. The molecule has 2 aromatic carbocycles. The second-order valence-corrected chi connectivity index (χ2v) is 7.27. The van der Waals surface area contributed by atoms with Crippen molar-refractivity contribution in [2.75, 3.05) is 12.4 Å². The topological polar surface area (TPSA) is 86.1 Å². The highest BCUT2D eigenvalue weighted by Gasteiger charge is 2.20. The van der Waals surface area contributed by atoms with Crippen LogP contribution in [-0.4, -0.2) is 33.8 Å². The Kier molecular flexibility index (Phi) is 6.90. The molecule has 1 N–H and O–H groups in total. The Hall–Kier alpha value is -2.84. The van der Waals surface area contributed by atoms with Crippen LogP contribution in [0.1, 0.15) is 33.2 Å². The van der Waals surface area contributed by atoms with Gasteiger partial charge in [-0.25, -0.2) is 4.79 Å². The fraction of sp³-hybridized carbons (Fsp3) is 0.200. The molecule has 9 heteroatoms. The molecule has 0 atom stereocenters. The molecule has 0 unspecified atom stereocenters. The fourth-order valence-corrected chi connectivity index (χ4v) is 3.96. The van der Waals surface area contributed by atoms with Crippen LogP contribution < -0.4 is 5.32 Å². The summed E-state index contributed by atoms with van der Waals surface area (Å²) in [6.45, 7) is 2.49. The van der Waals surface area contributed by atoms with Crippen molar-refractivity contribution >= 4 is 41.2 Å². The molecule has 0 aliphatic heterocycles. The summed E-state index contributed by atoms with van der Waals surface area (Å²) in [4.78, 5) is 24.6. The van der Waals surface area contributed by atoms with Gasteiger partial charge in [0.2, 0.25) is 5.95 Å². The van der Waals surface area contributed by atoms with Gasteiger partial charge in [-0.15, -0.1) is 10.2 Å². The summed E-state index contributed by atoms with van der Waals surface area (Å²) in [5.74, 6) is -0.116. The largest absolute Gasteiger partial charge is 0.465 e. The Morgan fingerprint density at radius 2 is 1.79 bits per heavy atom. The molecule has 0 saturated carbocycles. The van der Waals surface area contributed by atoms with E-state index in [1.54, 1.807) is 22.8 Å². The highest BCUT2D eigenvalue weighted by molar-refractivity contribution is 7.98. The van der Waals surface area contributed by atoms with Crippen LogP contribution in [0.4, 0.5) is 5.95 Å². The van der Waals surface area contributed by atoms with Gasteiger partial charge in [-0.3, -0.25) is 14.7 Å². The number of methoxy groups -OCH3 is 1. The van der Waals surface area contributed by atoms with Gasteiger partial charge in [0.15, 0.2) is 5.16 Å². The van der Waals surface area contributed by atoms with E-state index in [1.165, 1.54) is 24.9 Å². The molecule has 3 aromatic rings. The number of amides is 1. The van der Waals surface area contributed by atoms with E-state index in [1.807, 2.05) is 31.2 Å². The average molecular weight is 431 g/mol. The van der Waals surface area contributed by atoms with Crippen molar-refractivity contribution in [3.05, 3.63) is 70.2 Å². The normalized spacial score (nSPS) is 10.6. The first-order chi connectivity index (χ1) is 14.0. The highest BCUT2D eigenvalue weighted by atomic mass is 35.5. The monoisotopic (exact) mass is 430 g/mol. The number of thioether (sulfide) groups is 1. The van der Waals surface area contributed by atoms with Crippen molar-refractivity contribution in [2.24, 2.45) is 0 Å². The van der Waals surface area contributed by atoms with E-state index < -0.39 is 11.9 Å². The van der Waals surface area contributed by atoms with Gasteiger partial charge in [0, 0.05) is 17.3 Å². The second-order valence-electron chi connectivity index (χ2n) is 5.92. The number of aromatic nitrogens is 3. The van der Waals surface area contributed by atoms with Gasteiger partial charge in [-0.1, -0.05) is 53.7 Å². The standard InChI is InChI=1S/C20H19ClN4O3S/c1-3-25-19(22-17(26)14-9-5-6-10-15(14)18(27)28-2)23-24-20(25)29-12-13-8-4-7-11-16(13)21/h4-11H,3,12H2,1-2H3,(H,22,23,26). The van der Waals surface area contributed by atoms with Crippen molar-refractivity contribution in [3.63, 3.8) is 0 Å². The molecule has 0 spiro atoms. The van der Waals surface area contributed by atoms with E-state index >= 15 is 0 Å². The maximum atomic E-state index is 12.7. The van der Waals surface area contributed by atoms with Crippen molar-refractivity contribution < 1.29 is 14.3 Å². The number of hydrogen-bond acceptors (Lipinski definition) is 6. The molecule has 0 fully saturated rings. The summed E-state index contributed by atoms with van der Waals surface area (Å²) in [5.41, 5.74) is 1.38. The maximum Gasteiger partial charge on any atom is 0.338 e. The van der Waals surface area contributed by atoms with Crippen LogP contribution in [0.15, 0.2) is 53.7 Å². The lowest BCUT2D eigenvalue weighted by atomic mass is 10.1. The molecule has 1 heterocycles. The molecule has 1 amide bonds. The first-order valence-electron chi connectivity index (χ1n) is 8.83. The zero-order valence-electron chi connectivity index (χ0n) is 15.9. The van der Waals surface area contributed by atoms with Gasteiger partial charge >= 0.3 is 5.97 Å². The van der Waals surface area contributed by atoms with Crippen LogP contribution in [-0.2, 0) is 17.0 Å². The summed E-state index contributed by atoms with van der Waals surface area (Å²) in [6, 6.07) is 14.0. The van der Waals surface area contributed by atoms with Gasteiger partial charge in [-0.05, 0) is 30.7 Å². The van der Waals surface area contributed by atoms with Crippen LogP contribution in [0.25, 0.3) is 0 Å². The zero-order chi connectivity index (χ0) is 20.8. The van der Waals surface area contributed by atoms with E-state index in [-0.39, 0.29) is 11.1 Å². The molecule has 0 aliphatic carbocycles. The Balaban J connectivity index is 1.78. The summed E-state index contributed by atoms with van der Waals surface area (Å²) in [7, 11) is 1.27. The number of halogens is 1. The number of rotatable bonds is 7. The molecular weight excluding hydrogens is 412 g/mol. The SMILES string of the molecule is CCn1c(NC(=O)c2ccccc2C(=O)OC)nnc1SCc1ccccc1Cl. The van der Waals surface area contributed by atoms with Crippen molar-refractivity contribution in [1.29, 1.82) is 0 Å². The third-order valence-electron chi connectivity index (χ3n) is 4.15. The van der Waals surface area contributed by atoms with E-state index in [2.05, 4.69) is 15.5 Å². The van der Waals surface area contributed by atoms with E-state index in [0.717, 1.165) is 5.56 Å². The number of carbonyl (C=O) groups excluding carboxylic acids is 2. The third-order valence-corrected chi connectivity index (χ3v) is 5.53. The van der Waals surface area contributed by atoms with Crippen LogP contribution >= 0.6 is 23.4 Å². The third kappa shape index (κ3) is 4.78. The van der Waals surface area contributed by atoms with E-state index in [4.69, 9.17) is 16.3 Å². The van der Waals surface area contributed by atoms with E-state index in [9.17, 15) is 9.59 Å². The predicted molar refractivity (Wildman–Crippen MR) is 112 cm³/mol. The number of anilines is 1. The maximum absolute atomic E-state index is 12.7. The number of nitrogens with zero attached hydrogens (tertiary/aromatic N) is 3. The van der Waals surface area contributed by atoms with Gasteiger partial charge in [0.25, 0.3) is 5.91 Å². The Morgan fingerprint density at radius 1 is 1.10 bits per heavy atom. The highest BCUT2D eigenvalue weighted by Crippen LogP contribution is 2.27. The number of hydrogen-bond donors (Lipinski definition) is 1. The minimum Gasteiger partial charge on any atom is -0.465 e. The molecule has 1 aromatic heterocycles. The Labute approximate surface area is 177 Å². The van der Waals surface area contributed by atoms with Gasteiger partial charge in [-0.2, -0.15) is 0 Å². The summed E-state index contributed by atoms with van der Waals surface area (Å²) in [5, 5.41) is 12.3. The summed E-state index contributed by atoms with van der Waals surface area (Å²) >= 11 is 7.68. The van der Waals surface area contributed by atoms with Crippen LogP contribution in [0.5, 0.6) is 0 Å². The molecule has 7 nitrogen and oxygen atoms in total. The van der Waals surface area contributed by atoms with E-state index in [0.29, 0.717) is 28.4 Å².